The maximum atomic E-state index is 10.5. The number of rotatable bonds is 4. The average molecular weight is 271 g/mol. The van der Waals surface area contributed by atoms with Gasteiger partial charge in [-0.2, -0.15) is 0 Å². The van der Waals surface area contributed by atoms with Crippen LogP contribution in [0.25, 0.3) is 5.69 Å². The molecule has 1 aromatic carbocycles. The maximum absolute atomic E-state index is 10.5. The minimum absolute atomic E-state index is 0.272. The van der Waals surface area contributed by atoms with Gasteiger partial charge in [0.25, 0.3) is 0 Å². The first-order valence-corrected chi connectivity index (χ1v) is 5.73. The standard InChI is InChI=1S/C11H9N7O2/c19-18(20)11-8-16(14-13-11)6-9-7-17(15-12-9)10-4-2-1-3-5-10/h1-5,7-8H,6H2. The van der Waals surface area contributed by atoms with Crippen LogP contribution in [0, 0.1) is 10.1 Å². The smallest absolute Gasteiger partial charge is 0.358 e. The van der Waals surface area contributed by atoms with Crippen molar-refractivity contribution in [1.29, 1.82) is 0 Å². The number of para-hydroxylation sites is 1. The normalized spacial score (nSPS) is 10.6. The first-order chi connectivity index (χ1) is 9.72. The van der Waals surface area contributed by atoms with Crippen molar-refractivity contribution < 1.29 is 4.92 Å². The summed E-state index contributed by atoms with van der Waals surface area (Å²) < 4.78 is 2.97. The molecule has 0 radical (unpaired) electrons. The Morgan fingerprint density at radius 2 is 1.90 bits per heavy atom. The zero-order valence-corrected chi connectivity index (χ0v) is 10.2. The highest BCUT2D eigenvalue weighted by Crippen LogP contribution is 2.08. The van der Waals surface area contributed by atoms with Gasteiger partial charge in [0, 0.05) is 0 Å². The Bertz CT molecular complexity index is 734. The van der Waals surface area contributed by atoms with Crippen molar-refractivity contribution in [2.24, 2.45) is 0 Å². The summed E-state index contributed by atoms with van der Waals surface area (Å²) in [7, 11) is 0. The highest BCUT2D eigenvalue weighted by atomic mass is 16.6. The van der Waals surface area contributed by atoms with E-state index in [1.54, 1.807) is 10.9 Å². The van der Waals surface area contributed by atoms with E-state index in [9.17, 15) is 10.1 Å². The summed E-state index contributed by atoms with van der Waals surface area (Å²) >= 11 is 0. The van der Waals surface area contributed by atoms with Gasteiger partial charge < -0.3 is 10.1 Å². The van der Waals surface area contributed by atoms with Crippen molar-refractivity contribution in [3.8, 4) is 5.69 Å². The van der Waals surface area contributed by atoms with Crippen LogP contribution in [0.4, 0.5) is 5.82 Å². The predicted molar refractivity (Wildman–Crippen MR) is 67.1 cm³/mol. The van der Waals surface area contributed by atoms with Crippen molar-refractivity contribution in [2.75, 3.05) is 0 Å². The van der Waals surface area contributed by atoms with Gasteiger partial charge in [0.15, 0.2) is 0 Å². The van der Waals surface area contributed by atoms with Crippen LogP contribution in [-0.2, 0) is 6.54 Å². The van der Waals surface area contributed by atoms with Gasteiger partial charge >= 0.3 is 5.82 Å². The molecule has 0 bridgehead atoms. The van der Waals surface area contributed by atoms with Crippen molar-refractivity contribution in [3.63, 3.8) is 0 Å². The van der Waals surface area contributed by atoms with Gasteiger partial charge in [-0.1, -0.05) is 23.4 Å². The molecule has 0 spiro atoms. The number of hydrogen-bond acceptors (Lipinski definition) is 6. The Morgan fingerprint density at radius 3 is 2.60 bits per heavy atom. The molecule has 3 aromatic rings. The highest BCUT2D eigenvalue weighted by Gasteiger charge is 2.13. The molecule has 0 saturated carbocycles. The molecule has 100 valence electrons. The van der Waals surface area contributed by atoms with Crippen LogP contribution in [0.15, 0.2) is 42.7 Å². The summed E-state index contributed by atoms with van der Waals surface area (Å²) in [6.07, 6.45) is 2.99. The molecular weight excluding hydrogens is 262 g/mol. The molecule has 20 heavy (non-hydrogen) atoms. The molecule has 9 heteroatoms. The van der Waals surface area contributed by atoms with E-state index in [1.165, 1.54) is 10.9 Å². The van der Waals surface area contributed by atoms with Crippen LogP contribution in [0.1, 0.15) is 5.69 Å². The van der Waals surface area contributed by atoms with E-state index in [1.807, 2.05) is 30.3 Å². The van der Waals surface area contributed by atoms with Crippen molar-refractivity contribution in [3.05, 3.63) is 58.5 Å². The second-order valence-electron chi connectivity index (χ2n) is 4.02. The number of hydrogen-bond donors (Lipinski definition) is 0. The number of nitro groups is 1. The molecular formula is C11H9N7O2. The lowest BCUT2D eigenvalue weighted by Gasteiger charge is -1.97. The first kappa shape index (κ1) is 12.0. The van der Waals surface area contributed by atoms with Crippen LogP contribution in [0.5, 0.6) is 0 Å². The summed E-state index contributed by atoms with van der Waals surface area (Å²) in [5, 5.41) is 25.6. The summed E-state index contributed by atoms with van der Waals surface area (Å²) in [5.74, 6) is -0.291. The SMILES string of the molecule is O=[N+]([O-])c1cn(Cc2cn(-c3ccccc3)nn2)nn1. The molecule has 0 fully saturated rings. The Balaban J connectivity index is 1.78. The molecule has 2 aromatic heterocycles. The predicted octanol–water partition coefficient (Wildman–Crippen LogP) is 0.815. The quantitative estimate of drug-likeness (QED) is 0.513. The Kier molecular flexibility index (Phi) is 2.92. The van der Waals surface area contributed by atoms with Crippen LogP contribution >= 0.6 is 0 Å². The second kappa shape index (κ2) is 4.88. The van der Waals surface area contributed by atoms with Crippen LogP contribution in [0.2, 0.25) is 0 Å². The Hall–Kier alpha value is -3.10. The van der Waals surface area contributed by atoms with Crippen molar-refractivity contribution in [1.82, 2.24) is 30.0 Å². The topological polar surface area (TPSA) is 105 Å². The number of aromatic nitrogens is 6. The number of nitrogens with zero attached hydrogens (tertiary/aromatic N) is 7. The monoisotopic (exact) mass is 271 g/mol. The molecule has 0 aliphatic rings. The van der Waals surface area contributed by atoms with Gasteiger partial charge in [-0.25, -0.2) is 9.36 Å². The lowest BCUT2D eigenvalue weighted by Crippen LogP contribution is -2.00. The lowest BCUT2D eigenvalue weighted by molar-refractivity contribution is -0.389. The van der Waals surface area contributed by atoms with Crippen LogP contribution in [0.3, 0.4) is 0 Å². The third kappa shape index (κ3) is 2.36. The largest absolute Gasteiger partial charge is 0.410 e. The van der Waals surface area contributed by atoms with Crippen LogP contribution in [-0.4, -0.2) is 34.9 Å². The summed E-state index contributed by atoms with van der Waals surface area (Å²) in [6, 6.07) is 9.52. The highest BCUT2D eigenvalue weighted by molar-refractivity contribution is 5.29. The fourth-order valence-corrected chi connectivity index (χ4v) is 1.69. The van der Waals surface area contributed by atoms with Gasteiger partial charge in [-0.15, -0.1) is 5.10 Å². The first-order valence-electron chi connectivity index (χ1n) is 5.73. The second-order valence-corrected chi connectivity index (χ2v) is 4.02. The van der Waals surface area contributed by atoms with Gasteiger partial charge in [-0.05, 0) is 17.1 Å². The minimum Gasteiger partial charge on any atom is -0.358 e. The van der Waals surface area contributed by atoms with Gasteiger partial charge in [0.1, 0.15) is 17.0 Å². The molecule has 0 aliphatic carbocycles. The van der Waals surface area contributed by atoms with E-state index in [2.05, 4.69) is 20.6 Å². The lowest BCUT2D eigenvalue weighted by atomic mass is 10.3. The summed E-state index contributed by atoms with van der Waals surface area (Å²) in [4.78, 5) is 9.92. The average Bonchev–Trinajstić information content (AvgIpc) is 3.10. The number of benzene rings is 1. The molecule has 0 atom stereocenters. The van der Waals surface area contributed by atoms with E-state index in [-0.39, 0.29) is 12.4 Å². The Morgan fingerprint density at radius 1 is 1.10 bits per heavy atom. The van der Waals surface area contributed by atoms with Crippen molar-refractivity contribution >= 4 is 5.82 Å². The zero-order valence-electron chi connectivity index (χ0n) is 10.2. The van der Waals surface area contributed by atoms with E-state index in [0.29, 0.717) is 5.69 Å². The third-order valence-corrected chi connectivity index (χ3v) is 2.60. The molecule has 0 unspecified atom stereocenters. The zero-order chi connectivity index (χ0) is 13.9. The maximum Gasteiger partial charge on any atom is 0.410 e. The molecule has 0 N–H and O–H groups in total. The molecule has 3 rings (SSSR count). The van der Waals surface area contributed by atoms with Crippen molar-refractivity contribution in [2.45, 2.75) is 6.54 Å². The van der Waals surface area contributed by atoms with E-state index in [0.717, 1.165) is 5.69 Å². The van der Waals surface area contributed by atoms with Gasteiger partial charge in [-0.3, -0.25) is 0 Å². The summed E-state index contributed by atoms with van der Waals surface area (Å²) in [6.45, 7) is 0.272. The van der Waals surface area contributed by atoms with E-state index >= 15 is 0 Å². The molecule has 0 aliphatic heterocycles. The summed E-state index contributed by atoms with van der Waals surface area (Å²) in [5.41, 5.74) is 1.52. The molecule has 0 amide bonds. The Labute approximate surface area is 112 Å². The third-order valence-electron chi connectivity index (χ3n) is 2.60. The van der Waals surface area contributed by atoms with Crippen LogP contribution < -0.4 is 0 Å². The van der Waals surface area contributed by atoms with Gasteiger partial charge in [0.05, 0.1) is 23.6 Å². The van der Waals surface area contributed by atoms with Gasteiger partial charge in [0.2, 0.25) is 0 Å². The fraction of sp³-hybridized carbons (Fsp3) is 0.0909. The molecule has 0 saturated heterocycles. The fourth-order valence-electron chi connectivity index (χ4n) is 1.69. The van der Waals surface area contributed by atoms with E-state index in [4.69, 9.17) is 0 Å². The minimum atomic E-state index is -0.593. The molecule has 9 nitrogen and oxygen atoms in total. The van der Waals surface area contributed by atoms with E-state index < -0.39 is 4.92 Å². The molecule has 2 heterocycles.